The van der Waals surface area contributed by atoms with E-state index in [0.29, 0.717) is 16.8 Å². The maximum Gasteiger partial charge on any atom is 0.260 e. The minimum atomic E-state index is -1.48. The molecule has 0 radical (unpaired) electrons. The van der Waals surface area contributed by atoms with Crippen LogP contribution in [0.1, 0.15) is 15.9 Å². The summed E-state index contributed by atoms with van der Waals surface area (Å²) in [6, 6.07) is 18.0. The minimum Gasteiger partial charge on any atom is -0.340 e. The zero-order chi connectivity index (χ0) is 21.3. The Bertz CT molecular complexity index is 1100. The Morgan fingerprint density at radius 2 is 1.70 bits per heavy atom. The molecule has 152 valence electrons. The molecule has 2 aromatic carbocycles. The van der Waals surface area contributed by atoms with Crippen LogP contribution in [0.25, 0.3) is 0 Å². The summed E-state index contributed by atoms with van der Waals surface area (Å²) < 4.78 is 1.65. The lowest BCUT2D eigenvalue weighted by molar-refractivity contribution is -0.485. The van der Waals surface area contributed by atoms with Crippen LogP contribution in [0, 0.1) is 10.1 Å². The van der Waals surface area contributed by atoms with Crippen LogP contribution >= 0.6 is 0 Å². The minimum absolute atomic E-state index is 0.347. The molecule has 0 aliphatic carbocycles. The monoisotopic (exact) mass is 404 g/mol. The fraction of sp³-hybridized carbons (Fsp3) is 0.182. The van der Waals surface area contributed by atoms with Crippen molar-refractivity contribution >= 4 is 17.5 Å². The Hall–Kier alpha value is -3.94. The molecular formula is C22H20N4O4. The van der Waals surface area contributed by atoms with Crippen LogP contribution in [0.15, 0.2) is 79.1 Å². The molecule has 0 bridgehead atoms. The van der Waals surface area contributed by atoms with Gasteiger partial charge in [-0.15, -0.1) is 0 Å². The van der Waals surface area contributed by atoms with E-state index in [1.54, 1.807) is 90.7 Å². The second-order valence-corrected chi connectivity index (χ2v) is 7.15. The first kappa shape index (κ1) is 19.4. The van der Waals surface area contributed by atoms with Gasteiger partial charge in [0.15, 0.2) is 5.54 Å². The van der Waals surface area contributed by atoms with Crippen molar-refractivity contribution in [2.75, 3.05) is 18.5 Å². The number of hydrogen-bond donors (Lipinski definition) is 1. The number of rotatable bonds is 6. The van der Waals surface area contributed by atoms with Gasteiger partial charge in [-0.2, -0.15) is 0 Å². The number of carbonyl (C=O) groups excluding carboxylic acids is 2. The van der Waals surface area contributed by atoms with E-state index >= 15 is 0 Å². The van der Waals surface area contributed by atoms with Gasteiger partial charge in [0.25, 0.3) is 11.8 Å². The molecule has 8 heteroatoms. The molecule has 2 atom stereocenters. The first-order valence-corrected chi connectivity index (χ1v) is 9.45. The van der Waals surface area contributed by atoms with Crippen molar-refractivity contribution in [2.24, 2.45) is 0 Å². The van der Waals surface area contributed by atoms with Gasteiger partial charge in [0.1, 0.15) is 6.04 Å². The number of fused-ring (bicyclic) bond motifs is 1. The van der Waals surface area contributed by atoms with Crippen molar-refractivity contribution in [1.29, 1.82) is 0 Å². The summed E-state index contributed by atoms with van der Waals surface area (Å²) in [6.45, 7) is -0.620. The molecule has 1 aromatic heterocycles. The first-order chi connectivity index (χ1) is 14.5. The number of nitrogens with one attached hydrogen (secondary N) is 1. The Morgan fingerprint density at radius 1 is 1.07 bits per heavy atom. The normalized spacial score (nSPS) is 18.7. The SMILES string of the molecule is CN1C(=O)C(C(C[N+](=O)[O-])NC(=O)c2ccccc2)(n2cccc2)c2ccccc21. The third kappa shape index (κ3) is 2.93. The van der Waals surface area contributed by atoms with Crippen LogP contribution in [0.4, 0.5) is 5.69 Å². The molecule has 0 saturated carbocycles. The lowest BCUT2D eigenvalue weighted by atomic mass is 9.82. The Kier molecular flexibility index (Phi) is 4.83. The molecule has 8 nitrogen and oxygen atoms in total. The van der Waals surface area contributed by atoms with Gasteiger partial charge >= 0.3 is 0 Å². The van der Waals surface area contributed by atoms with Crippen LogP contribution in [0.5, 0.6) is 0 Å². The van der Waals surface area contributed by atoms with Crippen LogP contribution in [0.2, 0.25) is 0 Å². The molecule has 30 heavy (non-hydrogen) atoms. The average molecular weight is 404 g/mol. The number of nitro groups is 1. The second-order valence-electron chi connectivity index (χ2n) is 7.15. The van der Waals surface area contributed by atoms with E-state index in [1.165, 1.54) is 4.90 Å². The molecule has 0 spiro atoms. The Balaban J connectivity index is 1.89. The molecule has 2 amide bonds. The highest BCUT2D eigenvalue weighted by molar-refractivity contribution is 6.09. The van der Waals surface area contributed by atoms with Crippen molar-refractivity contribution in [3.05, 3.63) is 100 Å². The molecular weight excluding hydrogens is 384 g/mol. The topological polar surface area (TPSA) is 97.5 Å². The van der Waals surface area contributed by atoms with E-state index in [4.69, 9.17) is 0 Å². The second kappa shape index (κ2) is 7.47. The summed E-state index contributed by atoms with van der Waals surface area (Å²) >= 11 is 0. The van der Waals surface area contributed by atoms with E-state index in [9.17, 15) is 19.7 Å². The first-order valence-electron chi connectivity index (χ1n) is 9.45. The number of amides is 2. The Morgan fingerprint density at radius 3 is 2.37 bits per heavy atom. The molecule has 2 heterocycles. The summed E-state index contributed by atoms with van der Waals surface area (Å²) in [5.74, 6) is -0.825. The fourth-order valence-electron chi connectivity index (χ4n) is 4.17. The molecule has 4 rings (SSSR count). The van der Waals surface area contributed by atoms with E-state index in [2.05, 4.69) is 5.32 Å². The van der Waals surface area contributed by atoms with Gasteiger partial charge in [-0.25, -0.2) is 0 Å². The van der Waals surface area contributed by atoms with Gasteiger partial charge in [0.05, 0.1) is 0 Å². The van der Waals surface area contributed by atoms with Gasteiger partial charge in [-0.05, 0) is 30.3 Å². The highest BCUT2D eigenvalue weighted by Crippen LogP contribution is 2.44. The highest BCUT2D eigenvalue weighted by atomic mass is 16.6. The van der Waals surface area contributed by atoms with Gasteiger partial charge in [0.2, 0.25) is 6.54 Å². The quantitative estimate of drug-likeness (QED) is 0.503. The lowest BCUT2D eigenvalue weighted by Gasteiger charge is -2.36. The molecule has 0 saturated heterocycles. The number of para-hydroxylation sites is 1. The van der Waals surface area contributed by atoms with Crippen molar-refractivity contribution in [2.45, 2.75) is 11.6 Å². The lowest BCUT2D eigenvalue weighted by Crippen LogP contribution is -2.61. The van der Waals surface area contributed by atoms with Crippen LogP contribution < -0.4 is 10.2 Å². The maximum atomic E-state index is 13.7. The molecule has 1 N–H and O–H groups in total. The number of nitrogens with zero attached hydrogens (tertiary/aromatic N) is 3. The number of anilines is 1. The zero-order valence-corrected chi connectivity index (χ0v) is 16.3. The average Bonchev–Trinajstić information content (AvgIpc) is 3.35. The highest BCUT2D eigenvalue weighted by Gasteiger charge is 2.58. The summed E-state index contributed by atoms with van der Waals surface area (Å²) in [4.78, 5) is 39.2. The fourth-order valence-corrected chi connectivity index (χ4v) is 4.17. The summed E-state index contributed by atoms with van der Waals surface area (Å²) in [7, 11) is 1.63. The third-order valence-corrected chi connectivity index (χ3v) is 5.50. The molecule has 0 fully saturated rings. The molecule has 1 aliphatic heterocycles. The van der Waals surface area contributed by atoms with Gasteiger partial charge in [0, 0.05) is 41.2 Å². The van der Waals surface area contributed by atoms with Crippen LogP contribution in [-0.2, 0) is 10.3 Å². The van der Waals surface area contributed by atoms with E-state index in [1.807, 2.05) is 0 Å². The largest absolute Gasteiger partial charge is 0.340 e. The standard InChI is InChI=1S/C22H20N4O4/c1-24-18-12-6-5-11-17(18)22(21(24)28,25-13-7-8-14-25)19(15-26(29)30)23-20(27)16-9-3-2-4-10-16/h2-14,19H,15H2,1H3,(H,23,27). The summed E-state index contributed by atoms with van der Waals surface area (Å²) in [5.41, 5.74) is 0.139. The molecule has 3 aromatic rings. The molecule has 1 aliphatic rings. The van der Waals surface area contributed by atoms with Crippen molar-refractivity contribution in [1.82, 2.24) is 9.88 Å². The summed E-state index contributed by atoms with van der Waals surface area (Å²) in [6.07, 6.45) is 3.38. The number of aromatic nitrogens is 1. The number of carbonyl (C=O) groups is 2. The Labute approximate surface area is 172 Å². The van der Waals surface area contributed by atoms with Crippen LogP contribution in [-0.4, -0.2) is 40.9 Å². The predicted octanol–water partition coefficient (Wildman–Crippen LogP) is 2.28. The van der Waals surface area contributed by atoms with Gasteiger partial charge in [-0.3, -0.25) is 19.7 Å². The number of hydrogen-bond acceptors (Lipinski definition) is 4. The third-order valence-electron chi connectivity index (χ3n) is 5.50. The summed E-state index contributed by atoms with van der Waals surface area (Å²) in [5, 5.41) is 14.4. The van der Waals surface area contributed by atoms with E-state index in [0.717, 1.165) is 0 Å². The van der Waals surface area contributed by atoms with Crippen molar-refractivity contribution < 1.29 is 14.5 Å². The van der Waals surface area contributed by atoms with Gasteiger partial charge in [-0.1, -0.05) is 36.4 Å². The van der Waals surface area contributed by atoms with E-state index < -0.39 is 29.0 Å². The van der Waals surface area contributed by atoms with E-state index in [-0.39, 0.29) is 5.91 Å². The predicted molar refractivity (Wildman–Crippen MR) is 111 cm³/mol. The van der Waals surface area contributed by atoms with Crippen molar-refractivity contribution in [3.63, 3.8) is 0 Å². The zero-order valence-electron chi connectivity index (χ0n) is 16.3. The van der Waals surface area contributed by atoms with Gasteiger partial charge < -0.3 is 14.8 Å². The maximum absolute atomic E-state index is 13.7. The molecule has 2 unspecified atom stereocenters. The smallest absolute Gasteiger partial charge is 0.260 e. The number of likely N-dealkylation sites (N-methyl/N-ethyl adjacent to an activating group) is 1. The van der Waals surface area contributed by atoms with Crippen LogP contribution in [0.3, 0.4) is 0 Å². The van der Waals surface area contributed by atoms with Crippen molar-refractivity contribution in [3.8, 4) is 0 Å². The number of benzene rings is 2.